The third-order valence-electron chi connectivity index (χ3n) is 5.76. The van der Waals surface area contributed by atoms with Gasteiger partial charge < -0.3 is 15.5 Å². The van der Waals surface area contributed by atoms with Crippen LogP contribution in [0, 0.1) is 12.8 Å². The second kappa shape index (κ2) is 10.3. The molecule has 0 radical (unpaired) electrons. The molecule has 35 heavy (non-hydrogen) atoms. The van der Waals surface area contributed by atoms with Gasteiger partial charge in [-0.2, -0.15) is 0 Å². The number of ketones is 1. The lowest BCUT2D eigenvalue weighted by molar-refractivity contribution is -0.125. The summed E-state index contributed by atoms with van der Waals surface area (Å²) in [4.78, 5) is 45.4. The minimum Gasteiger partial charge on any atom is -0.308 e. The first-order valence-corrected chi connectivity index (χ1v) is 11.5. The highest BCUT2D eigenvalue weighted by atomic mass is 16.2. The quantitative estimate of drug-likeness (QED) is 0.556. The molecule has 1 aliphatic rings. The van der Waals surface area contributed by atoms with Gasteiger partial charge in [-0.15, -0.1) is 0 Å². The molecule has 3 aromatic rings. The Morgan fingerprint density at radius 2 is 1.69 bits per heavy atom. The molecule has 0 aliphatic carbocycles. The van der Waals surface area contributed by atoms with Gasteiger partial charge in [-0.1, -0.05) is 74.5 Å². The number of benzodiazepines with no additional fused rings is 1. The average Bonchev–Trinajstić information content (AvgIpc) is 2.95. The summed E-state index contributed by atoms with van der Waals surface area (Å²) in [5.74, 6) is -0.806. The Kier molecular flexibility index (Phi) is 7.06. The highest BCUT2D eigenvalue weighted by Crippen LogP contribution is 2.28. The highest BCUT2D eigenvalue weighted by Gasteiger charge is 2.34. The first-order chi connectivity index (χ1) is 16.8. The summed E-state index contributed by atoms with van der Waals surface area (Å²) in [7, 11) is 0. The number of rotatable bonds is 6. The lowest BCUT2D eigenvalue weighted by atomic mass is 10.00. The van der Waals surface area contributed by atoms with Gasteiger partial charge in [-0.3, -0.25) is 9.59 Å². The molecule has 0 saturated heterocycles. The molecule has 4 rings (SSSR count). The number of amides is 3. The van der Waals surface area contributed by atoms with E-state index in [1.54, 1.807) is 26.0 Å². The minimum absolute atomic E-state index is 0.0840. The second-order valence-corrected chi connectivity index (χ2v) is 8.78. The van der Waals surface area contributed by atoms with E-state index in [2.05, 4.69) is 10.6 Å². The van der Waals surface area contributed by atoms with Crippen LogP contribution in [-0.4, -0.2) is 36.1 Å². The summed E-state index contributed by atoms with van der Waals surface area (Å²) in [6.07, 6.45) is -1.22. The standard InChI is InChI=1S/C28H28N4O3/c1-18(2)24(33)17-32-23-15-8-7-14-22(23)25(20-11-5-4-6-12-20)30-26(27(32)34)31-28(35)29-21-13-9-10-19(3)16-21/h4-16,18,26H,17H2,1-3H3,(H2,29,31,35). The molecular weight excluding hydrogens is 440 g/mol. The number of Topliss-reactive ketones (excluding diaryl/α,β-unsaturated/α-hetero) is 1. The van der Waals surface area contributed by atoms with Crippen molar-refractivity contribution in [3.05, 3.63) is 95.6 Å². The van der Waals surface area contributed by atoms with E-state index in [1.165, 1.54) is 4.90 Å². The zero-order chi connectivity index (χ0) is 24.9. The van der Waals surface area contributed by atoms with Crippen LogP contribution in [0.1, 0.15) is 30.5 Å². The molecule has 0 bridgehead atoms. The number of aliphatic imine (C=N–C) groups is 1. The monoisotopic (exact) mass is 468 g/mol. The number of urea groups is 1. The van der Waals surface area contributed by atoms with Gasteiger partial charge in [0.2, 0.25) is 6.17 Å². The minimum atomic E-state index is -1.22. The molecule has 1 heterocycles. The number of anilines is 2. The molecule has 178 valence electrons. The van der Waals surface area contributed by atoms with Crippen LogP contribution in [0.3, 0.4) is 0 Å². The maximum atomic E-state index is 13.7. The van der Waals surface area contributed by atoms with Crippen molar-refractivity contribution in [2.24, 2.45) is 10.9 Å². The Morgan fingerprint density at radius 1 is 0.971 bits per heavy atom. The predicted molar refractivity (Wildman–Crippen MR) is 138 cm³/mol. The van der Waals surface area contributed by atoms with E-state index in [4.69, 9.17) is 4.99 Å². The highest BCUT2D eigenvalue weighted by molar-refractivity contribution is 6.21. The van der Waals surface area contributed by atoms with Crippen LogP contribution in [0.15, 0.2) is 83.9 Å². The van der Waals surface area contributed by atoms with Gasteiger partial charge in [0.05, 0.1) is 17.9 Å². The predicted octanol–water partition coefficient (Wildman–Crippen LogP) is 4.55. The van der Waals surface area contributed by atoms with Crippen LogP contribution < -0.4 is 15.5 Å². The van der Waals surface area contributed by atoms with Gasteiger partial charge in [-0.05, 0) is 30.7 Å². The molecule has 1 atom stereocenters. The second-order valence-electron chi connectivity index (χ2n) is 8.78. The Labute approximate surface area is 204 Å². The number of nitrogens with zero attached hydrogens (tertiary/aromatic N) is 2. The molecule has 1 unspecified atom stereocenters. The topological polar surface area (TPSA) is 90.9 Å². The lowest BCUT2D eigenvalue weighted by Crippen LogP contribution is -2.50. The van der Waals surface area contributed by atoms with E-state index in [9.17, 15) is 14.4 Å². The van der Waals surface area contributed by atoms with E-state index >= 15 is 0 Å². The number of aryl methyl sites for hydroxylation is 1. The number of nitrogens with one attached hydrogen (secondary N) is 2. The lowest BCUT2D eigenvalue weighted by Gasteiger charge is -2.25. The van der Waals surface area contributed by atoms with Gasteiger partial charge in [0.1, 0.15) is 0 Å². The van der Waals surface area contributed by atoms with Crippen molar-refractivity contribution in [3.63, 3.8) is 0 Å². The van der Waals surface area contributed by atoms with Crippen LogP contribution in [0.25, 0.3) is 0 Å². The Morgan fingerprint density at radius 3 is 2.40 bits per heavy atom. The van der Waals surface area contributed by atoms with Crippen molar-refractivity contribution in [2.75, 3.05) is 16.8 Å². The zero-order valence-electron chi connectivity index (χ0n) is 20.0. The van der Waals surface area contributed by atoms with E-state index in [0.29, 0.717) is 22.6 Å². The fraction of sp³-hybridized carbons (Fsp3) is 0.214. The van der Waals surface area contributed by atoms with E-state index < -0.39 is 18.1 Å². The first kappa shape index (κ1) is 23.9. The number of hydrogen-bond donors (Lipinski definition) is 2. The molecular formula is C28H28N4O3. The molecule has 0 fully saturated rings. The maximum absolute atomic E-state index is 13.7. The molecule has 3 amide bonds. The van der Waals surface area contributed by atoms with Gasteiger partial charge >= 0.3 is 6.03 Å². The number of carbonyl (C=O) groups excluding carboxylic acids is 3. The zero-order valence-corrected chi connectivity index (χ0v) is 20.0. The summed E-state index contributed by atoms with van der Waals surface area (Å²) in [6, 6.07) is 23.6. The van der Waals surface area contributed by atoms with Crippen LogP contribution in [-0.2, 0) is 9.59 Å². The maximum Gasteiger partial charge on any atom is 0.321 e. The van der Waals surface area contributed by atoms with Crippen LogP contribution >= 0.6 is 0 Å². The van der Waals surface area contributed by atoms with Crippen molar-refractivity contribution in [1.29, 1.82) is 0 Å². The number of benzene rings is 3. The fourth-order valence-electron chi connectivity index (χ4n) is 3.87. The largest absolute Gasteiger partial charge is 0.321 e. The van der Waals surface area contributed by atoms with Crippen LogP contribution in [0.5, 0.6) is 0 Å². The van der Waals surface area contributed by atoms with Gasteiger partial charge in [0.15, 0.2) is 5.78 Å². The van der Waals surface area contributed by atoms with Crippen molar-refractivity contribution >= 4 is 34.8 Å². The van der Waals surface area contributed by atoms with Gasteiger partial charge in [0.25, 0.3) is 5.91 Å². The summed E-state index contributed by atoms with van der Waals surface area (Å²) < 4.78 is 0. The number of hydrogen-bond acceptors (Lipinski definition) is 4. The Hall–Kier alpha value is -4.26. The SMILES string of the molecule is Cc1cccc(NC(=O)NC2N=C(c3ccccc3)c3ccccc3N(CC(=O)C(C)C)C2=O)c1. The molecule has 2 N–H and O–H groups in total. The van der Waals surface area contributed by atoms with E-state index in [-0.39, 0.29) is 18.2 Å². The van der Waals surface area contributed by atoms with Crippen molar-refractivity contribution in [2.45, 2.75) is 26.9 Å². The normalized spacial score (nSPS) is 15.2. The van der Waals surface area contributed by atoms with Crippen molar-refractivity contribution in [1.82, 2.24) is 5.32 Å². The molecule has 3 aromatic carbocycles. The third kappa shape index (κ3) is 5.46. The average molecular weight is 469 g/mol. The van der Waals surface area contributed by atoms with Crippen molar-refractivity contribution in [3.8, 4) is 0 Å². The summed E-state index contributed by atoms with van der Waals surface area (Å²) in [5, 5.41) is 5.47. The summed E-state index contributed by atoms with van der Waals surface area (Å²) >= 11 is 0. The number of carbonyl (C=O) groups is 3. The van der Waals surface area contributed by atoms with Crippen LogP contribution in [0.4, 0.5) is 16.2 Å². The Balaban J connectivity index is 1.75. The molecule has 0 aromatic heterocycles. The van der Waals surface area contributed by atoms with E-state index in [0.717, 1.165) is 11.1 Å². The molecule has 7 heteroatoms. The summed E-state index contributed by atoms with van der Waals surface area (Å²) in [5.41, 5.74) is 4.26. The molecule has 7 nitrogen and oxygen atoms in total. The fourth-order valence-corrected chi connectivity index (χ4v) is 3.87. The van der Waals surface area contributed by atoms with Crippen molar-refractivity contribution < 1.29 is 14.4 Å². The third-order valence-corrected chi connectivity index (χ3v) is 5.76. The number of fused-ring (bicyclic) bond motifs is 1. The van der Waals surface area contributed by atoms with E-state index in [1.807, 2.05) is 73.7 Å². The first-order valence-electron chi connectivity index (χ1n) is 11.5. The smallest absolute Gasteiger partial charge is 0.308 e. The molecule has 0 saturated carbocycles. The molecule has 1 aliphatic heterocycles. The Bertz CT molecular complexity index is 1280. The summed E-state index contributed by atoms with van der Waals surface area (Å²) in [6.45, 7) is 5.42. The van der Waals surface area contributed by atoms with Gasteiger partial charge in [-0.25, -0.2) is 9.79 Å². The van der Waals surface area contributed by atoms with Gasteiger partial charge in [0, 0.05) is 22.7 Å². The van der Waals surface area contributed by atoms with Crippen LogP contribution in [0.2, 0.25) is 0 Å². The molecule has 0 spiro atoms. The number of para-hydroxylation sites is 1.